The van der Waals surface area contributed by atoms with E-state index >= 15 is 0 Å². The van der Waals surface area contributed by atoms with E-state index in [0.717, 1.165) is 18.4 Å². The quantitative estimate of drug-likeness (QED) is 0.863. The van der Waals surface area contributed by atoms with E-state index in [-0.39, 0.29) is 0 Å². The van der Waals surface area contributed by atoms with Crippen molar-refractivity contribution in [2.75, 3.05) is 0 Å². The molecule has 1 heterocycles. The van der Waals surface area contributed by atoms with Crippen LogP contribution in [0.5, 0.6) is 0 Å². The molecular weight excluding hydrogens is 222 g/mol. The van der Waals surface area contributed by atoms with Gasteiger partial charge in [-0.1, -0.05) is 27.7 Å². The van der Waals surface area contributed by atoms with E-state index in [0.29, 0.717) is 11.5 Å². The Morgan fingerprint density at radius 1 is 1.44 bits per heavy atom. The van der Waals surface area contributed by atoms with Crippen LogP contribution in [-0.4, -0.2) is 16.2 Å². The van der Waals surface area contributed by atoms with Crippen molar-refractivity contribution >= 4 is 0 Å². The van der Waals surface area contributed by atoms with Crippen LogP contribution in [-0.2, 0) is 6.54 Å². The summed E-state index contributed by atoms with van der Waals surface area (Å²) in [5.74, 6) is 1.51. The molecule has 3 nitrogen and oxygen atoms in total. The SMILES string of the molecule is Cc1[nH]ncc1CN[C@@H]1CCC(C)(C)[C@H](C)C1C. The first kappa shape index (κ1) is 13.6. The van der Waals surface area contributed by atoms with Crippen molar-refractivity contribution in [2.45, 2.75) is 60.0 Å². The molecule has 1 aromatic rings. The molecule has 0 saturated heterocycles. The summed E-state index contributed by atoms with van der Waals surface area (Å²) in [6.07, 6.45) is 4.54. The van der Waals surface area contributed by atoms with Crippen LogP contribution < -0.4 is 5.32 Å². The van der Waals surface area contributed by atoms with E-state index in [4.69, 9.17) is 0 Å². The minimum Gasteiger partial charge on any atom is -0.310 e. The molecule has 1 saturated carbocycles. The number of nitrogens with zero attached hydrogens (tertiary/aromatic N) is 1. The summed E-state index contributed by atoms with van der Waals surface area (Å²) < 4.78 is 0. The standard InChI is InChI=1S/C15H27N3/c1-10-11(2)15(4,5)7-6-14(10)16-8-13-9-17-18-12(13)3/h9-11,14,16H,6-8H2,1-5H3,(H,17,18)/t10?,11-,14-/m1/s1. The minimum atomic E-state index is 0.489. The Morgan fingerprint density at radius 3 is 2.78 bits per heavy atom. The highest BCUT2D eigenvalue weighted by Crippen LogP contribution is 2.43. The number of aryl methyl sites for hydroxylation is 1. The molecule has 1 unspecified atom stereocenters. The zero-order chi connectivity index (χ0) is 13.3. The monoisotopic (exact) mass is 249 g/mol. The van der Waals surface area contributed by atoms with Crippen LogP contribution in [0.4, 0.5) is 0 Å². The fourth-order valence-corrected chi connectivity index (χ4v) is 3.16. The van der Waals surface area contributed by atoms with Gasteiger partial charge in [0.05, 0.1) is 6.20 Å². The third kappa shape index (κ3) is 2.61. The maximum atomic E-state index is 4.08. The normalized spacial score (nSPS) is 31.5. The number of hydrogen-bond donors (Lipinski definition) is 2. The Kier molecular flexibility index (Phi) is 3.81. The van der Waals surface area contributed by atoms with Gasteiger partial charge >= 0.3 is 0 Å². The van der Waals surface area contributed by atoms with Gasteiger partial charge in [-0.15, -0.1) is 0 Å². The van der Waals surface area contributed by atoms with Gasteiger partial charge in [0.1, 0.15) is 0 Å². The van der Waals surface area contributed by atoms with Gasteiger partial charge in [-0.05, 0) is 37.0 Å². The summed E-state index contributed by atoms with van der Waals surface area (Å²) in [6, 6.07) is 0.641. The van der Waals surface area contributed by atoms with Crippen molar-refractivity contribution < 1.29 is 0 Å². The summed E-state index contributed by atoms with van der Waals surface area (Å²) in [4.78, 5) is 0. The predicted octanol–water partition coefficient (Wildman–Crippen LogP) is 3.27. The lowest BCUT2D eigenvalue weighted by atomic mass is 9.63. The largest absolute Gasteiger partial charge is 0.310 e. The number of H-pyrrole nitrogens is 1. The second-order valence-corrected chi connectivity index (χ2v) is 6.68. The summed E-state index contributed by atoms with van der Waals surface area (Å²) in [5.41, 5.74) is 2.96. The summed E-state index contributed by atoms with van der Waals surface area (Å²) in [7, 11) is 0. The van der Waals surface area contributed by atoms with Crippen molar-refractivity contribution in [3.05, 3.63) is 17.5 Å². The van der Waals surface area contributed by atoms with Crippen molar-refractivity contribution in [1.82, 2.24) is 15.5 Å². The third-order valence-electron chi connectivity index (χ3n) is 5.24. The molecule has 1 aromatic heterocycles. The van der Waals surface area contributed by atoms with Crippen LogP contribution in [0.15, 0.2) is 6.20 Å². The zero-order valence-electron chi connectivity index (χ0n) is 12.4. The van der Waals surface area contributed by atoms with E-state index in [9.17, 15) is 0 Å². The molecule has 0 aliphatic heterocycles. The summed E-state index contributed by atoms with van der Waals surface area (Å²) in [5, 5.41) is 10.8. The second kappa shape index (κ2) is 5.04. The molecule has 0 spiro atoms. The average molecular weight is 249 g/mol. The molecule has 0 aromatic carbocycles. The van der Waals surface area contributed by atoms with Crippen molar-refractivity contribution in [1.29, 1.82) is 0 Å². The van der Waals surface area contributed by atoms with Crippen LogP contribution in [0.1, 0.15) is 51.8 Å². The van der Waals surface area contributed by atoms with Crippen LogP contribution in [0.3, 0.4) is 0 Å². The zero-order valence-corrected chi connectivity index (χ0v) is 12.4. The summed E-state index contributed by atoms with van der Waals surface area (Å²) >= 11 is 0. The molecule has 1 aliphatic carbocycles. The molecule has 18 heavy (non-hydrogen) atoms. The van der Waals surface area contributed by atoms with Crippen LogP contribution in [0.2, 0.25) is 0 Å². The predicted molar refractivity (Wildman–Crippen MR) is 75.3 cm³/mol. The van der Waals surface area contributed by atoms with Crippen LogP contribution >= 0.6 is 0 Å². The molecule has 2 N–H and O–H groups in total. The first-order valence-electron chi connectivity index (χ1n) is 7.14. The summed E-state index contributed by atoms with van der Waals surface area (Å²) in [6.45, 7) is 12.6. The number of nitrogens with one attached hydrogen (secondary N) is 2. The van der Waals surface area contributed by atoms with E-state index in [2.05, 4.69) is 50.1 Å². The molecule has 0 bridgehead atoms. The van der Waals surface area contributed by atoms with Crippen molar-refractivity contribution in [2.24, 2.45) is 17.3 Å². The maximum absolute atomic E-state index is 4.08. The Bertz CT molecular complexity index is 394. The van der Waals surface area contributed by atoms with E-state index in [1.807, 2.05) is 6.20 Å². The molecule has 0 radical (unpaired) electrons. The molecule has 1 aliphatic rings. The van der Waals surface area contributed by atoms with Crippen LogP contribution in [0.25, 0.3) is 0 Å². The van der Waals surface area contributed by atoms with E-state index < -0.39 is 0 Å². The number of hydrogen-bond acceptors (Lipinski definition) is 2. The Hall–Kier alpha value is -0.830. The highest BCUT2D eigenvalue weighted by atomic mass is 15.1. The lowest BCUT2D eigenvalue weighted by molar-refractivity contribution is 0.0684. The van der Waals surface area contributed by atoms with Gasteiger partial charge in [-0.3, -0.25) is 5.10 Å². The Balaban J connectivity index is 1.93. The minimum absolute atomic E-state index is 0.489. The van der Waals surface area contributed by atoms with E-state index in [1.165, 1.54) is 24.1 Å². The van der Waals surface area contributed by atoms with E-state index in [1.54, 1.807) is 0 Å². The first-order chi connectivity index (χ1) is 8.42. The van der Waals surface area contributed by atoms with Gasteiger partial charge in [0.25, 0.3) is 0 Å². The lowest BCUT2D eigenvalue weighted by Gasteiger charge is -2.45. The topological polar surface area (TPSA) is 40.7 Å². The lowest BCUT2D eigenvalue weighted by Crippen LogP contribution is -2.46. The number of aromatic nitrogens is 2. The molecule has 102 valence electrons. The van der Waals surface area contributed by atoms with Crippen LogP contribution in [0, 0.1) is 24.2 Å². The molecule has 1 fully saturated rings. The molecule has 3 atom stereocenters. The number of rotatable bonds is 3. The highest BCUT2D eigenvalue weighted by Gasteiger charge is 2.38. The number of aromatic amines is 1. The molecular formula is C15H27N3. The molecule has 2 rings (SSSR count). The van der Waals surface area contributed by atoms with Gasteiger partial charge in [0.2, 0.25) is 0 Å². The first-order valence-corrected chi connectivity index (χ1v) is 7.14. The molecule has 3 heteroatoms. The maximum Gasteiger partial charge on any atom is 0.0535 e. The Morgan fingerprint density at radius 2 is 2.17 bits per heavy atom. The fourth-order valence-electron chi connectivity index (χ4n) is 3.16. The fraction of sp³-hybridized carbons (Fsp3) is 0.800. The van der Waals surface area contributed by atoms with Gasteiger partial charge in [-0.2, -0.15) is 5.10 Å². The second-order valence-electron chi connectivity index (χ2n) is 6.68. The van der Waals surface area contributed by atoms with Gasteiger partial charge in [-0.25, -0.2) is 0 Å². The van der Waals surface area contributed by atoms with Crippen molar-refractivity contribution in [3.8, 4) is 0 Å². The highest BCUT2D eigenvalue weighted by molar-refractivity contribution is 5.14. The smallest absolute Gasteiger partial charge is 0.0535 e. The van der Waals surface area contributed by atoms with Gasteiger partial charge < -0.3 is 5.32 Å². The third-order valence-corrected chi connectivity index (χ3v) is 5.24. The van der Waals surface area contributed by atoms with Gasteiger partial charge in [0.15, 0.2) is 0 Å². The van der Waals surface area contributed by atoms with Gasteiger partial charge in [0, 0.05) is 23.8 Å². The Labute approximate surface area is 111 Å². The van der Waals surface area contributed by atoms with Crippen molar-refractivity contribution in [3.63, 3.8) is 0 Å². The average Bonchev–Trinajstić information content (AvgIpc) is 2.71. The molecule has 0 amide bonds.